The molecule has 2 heterocycles. The quantitative estimate of drug-likeness (QED) is 0.0427. The molecule has 3 rings (SSSR count). The summed E-state index contributed by atoms with van der Waals surface area (Å²) < 4.78 is 22.7. The van der Waals surface area contributed by atoms with Crippen molar-refractivity contribution in [3.8, 4) is 0 Å². The van der Waals surface area contributed by atoms with Crippen LogP contribution in [0.25, 0.3) is 0 Å². The number of hydrogen-bond donors (Lipinski definition) is 4. The molecule has 14 nitrogen and oxygen atoms in total. The first-order valence-corrected chi connectivity index (χ1v) is 23.9. The number of carboxylic acids is 1. The van der Waals surface area contributed by atoms with Gasteiger partial charge in [-0.3, -0.25) is 19.2 Å². The van der Waals surface area contributed by atoms with Gasteiger partial charge < -0.3 is 44.3 Å². The van der Waals surface area contributed by atoms with E-state index in [0.717, 1.165) is 42.6 Å². The van der Waals surface area contributed by atoms with Crippen LogP contribution in [0.2, 0.25) is 0 Å². The number of piperidine rings is 1. The second-order valence-electron chi connectivity index (χ2n) is 19.4. The Kier molecular flexibility index (Phi) is 23.1. The first-order valence-electron chi connectivity index (χ1n) is 23.9. The normalized spacial score (nSPS) is 29.2. The van der Waals surface area contributed by atoms with Crippen molar-refractivity contribution in [1.82, 2.24) is 4.90 Å². The second-order valence-corrected chi connectivity index (χ2v) is 19.4. The molecule has 3 aliphatic rings. The number of carbonyl (C=O) groups excluding carboxylic acids is 4. The van der Waals surface area contributed by atoms with Crippen molar-refractivity contribution in [3.05, 3.63) is 47.6 Å². The SMILES string of the molecule is CO[C@@H](C[C@@H]1CC[C@@H](C)[C@](O)(C(=O)C(=O)N2CCCC[C@H]2C(=O)O)O1)/C(C)=C/C=C/C=C/[C@@H](C)C[C@@H](C)C(=O)[C@H](OC)[C@H](O)/C(C)=C/[C@@H](C)C(=O)CC[C@H](C)C[C@@H]1CC[C@@H](O)[C@H](OC)C1. The van der Waals surface area contributed by atoms with Crippen LogP contribution in [0.3, 0.4) is 0 Å². The van der Waals surface area contributed by atoms with Crippen LogP contribution in [0.15, 0.2) is 47.6 Å². The molecular weight excluding hydrogens is 835 g/mol. The average Bonchev–Trinajstić information content (AvgIpc) is 3.28. The number of methoxy groups -OCH3 is 3. The van der Waals surface area contributed by atoms with Gasteiger partial charge in [-0.05, 0) is 113 Å². The van der Waals surface area contributed by atoms with Crippen LogP contribution in [0.4, 0.5) is 0 Å². The minimum absolute atomic E-state index is 0.0249. The first-order chi connectivity index (χ1) is 30.7. The van der Waals surface area contributed by atoms with E-state index in [9.17, 15) is 44.4 Å². The molecule has 2 aliphatic heterocycles. The van der Waals surface area contributed by atoms with Crippen LogP contribution in [0.1, 0.15) is 132 Å². The van der Waals surface area contributed by atoms with Crippen molar-refractivity contribution in [3.63, 3.8) is 0 Å². The smallest absolute Gasteiger partial charge is 0.326 e. The van der Waals surface area contributed by atoms with E-state index in [2.05, 4.69) is 6.92 Å². The number of hydrogen-bond acceptors (Lipinski definition) is 12. The minimum Gasteiger partial charge on any atom is -0.480 e. The zero-order chi connectivity index (χ0) is 48.6. The summed E-state index contributed by atoms with van der Waals surface area (Å²) in [7, 11) is 4.61. The van der Waals surface area contributed by atoms with E-state index in [-0.39, 0.29) is 36.6 Å². The lowest BCUT2D eigenvalue weighted by atomic mass is 9.79. The molecule has 0 bridgehead atoms. The van der Waals surface area contributed by atoms with E-state index in [1.54, 1.807) is 34.1 Å². The Labute approximate surface area is 387 Å². The molecule has 1 saturated carbocycles. The number of nitrogens with zero attached hydrogens (tertiary/aromatic N) is 1. The summed E-state index contributed by atoms with van der Waals surface area (Å²) in [6, 6.07) is -1.12. The van der Waals surface area contributed by atoms with Crippen LogP contribution in [-0.4, -0.2) is 131 Å². The highest BCUT2D eigenvalue weighted by atomic mass is 16.6. The molecule has 368 valence electrons. The number of ether oxygens (including phenoxy) is 4. The monoisotopic (exact) mass is 916 g/mol. The maximum Gasteiger partial charge on any atom is 0.326 e. The second kappa shape index (κ2) is 26.8. The summed E-state index contributed by atoms with van der Waals surface area (Å²) in [5.41, 5.74) is 1.38. The van der Waals surface area contributed by atoms with Crippen LogP contribution in [0, 0.1) is 35.5 Å². The zero-order valence-corrected chi connectivity index (χ0v) is 40.8. The molecule has 0 aromatic heterocycles. The number of carboxylic acid groups (broad SMARTS) is 1. The molecule has 1 amide bonds. The number of aliphatic hydroxyl groups is 3. The summed E-state index contributed by atoms with van der Waals surface area (Å²) in [6.07, 6.45) is 15.4. The van der Waals surface area contributed by atoms with E-state index in [4.69, 9.17) is 18.9 Å². The third kappa shape index (κ3) is 16.1. The van der Waals surface area contributed by atoms with Crippen molar-refractivity contribution in [2.75, 3.05) is 27.9 Å². The number of rotatable bonds is 25. The highest BCUT2D eigenvalue weighted by Gasteiger charge is 2.52. The maximum absolute atomic E-state index is 13.5. The molecule has 65 heavy (non-hydrogen) atoms. The van der Waals surface area contributed by atoms with Gasteiger partial charge in [-0.15, -0.1) is 0 Å². The summed E-state index contributed by atoms with van der Waals surface area (Å²) in [6.45, 7) is 13.2. The van der Waals surface area contributed by atoms with Crippen molar-refractivity contribution in [1.29, 1.82) is 0 Å². The predicted molar refractivity (Wildman–Crippen MR) is 248 cm³/mol. The predicted octanol–water partition coefficient (Wildman–Crippen LogP) is 6.73. The topological polar surface area (TPSA) is 206 Å². The van der Waals surface area contributed by atoms with E-state index < -0.39 is 77.8 Å². The molecule has 1 aliphatic carbocycles. The van der Waals surface area contributed by atoms with Crippen LogP contribution < -0.4 is 0 Å². The lowest BCUT2D eigenvalue weighted by molar-refractivity contribution is -0.265. The van der Waals surface area contributed by atoms with Gasteiger partial charge in [-0.25, -0.2) is 4.79 Å². The number of allylic oxidation sites excluding steroid dienone is 6. The highest BCUT2D eigenvalue weighted by molar-refractivity contribution is 6.39. The van der Waals surface area contributed by atoms with Crippen LogP contribution in [0.5, 0.6) is 0 Å². The number of amides is 1. The summed E-state index contributed by atoms with van der Waals surface area (Å²) in [4.78, 5) is 66.2. The van der Waals surface area contributed by atoms with E-state index in [1.807, 2.05) is 58.1 Å². The standard InChI is InChI=1S/C51H81NO13/c1-31(26-35(5)45(55)47(64-10)46(56)36(6)28-34(4)41(53)23-19-32(2)27-38-21-24-42(54)44(29-38)63-9)16-12-11-13-17-33(3)43(62-8)30-39-22-20-37(7)51(61,65-39)48(57)49(58)52-25-15-14-18-40(52)50(59)60/h11-13,16-17,28,31-32,34-35,37-40,42-44,46-47,54,56,61H,14-15,18-27,29-30H2,1-10H3,(H,59,60)/b13-11+,16-12+,33-17+,36-28+/t31-,32+,34-,35-,37-,38+,39+,40+,42-,43+,44-,46-,47+,51-/m1/s1. The van der Waals surface area contributed by atoms with Crippen molar-refractivity contribution >= 4 is 29.2 Å². The Balaban J connectivity index is 1.49. The average molecular weight is 916 g/mol. The molecule has 3 fully saturated rings. The number of ketones is 3. The number of aliphatic hydroxyl groups excluding tert-OH is 2. The van der Waals surface area contributed by atoms with Gasteiger partial charge in [0.2, 0.25) is 5.79 Å². The van der Waals surface area contributed by atoms with E-state index in [0.29, 0.717) is 62.4 Å². The van der Waals surface area contributed by atoms with Gasteiger partial charge >= 0.3 is 5.97 Å². The van der Waals surface area contributed by atoms with Crippen molar-refractivity contribution < 1.29 is 63.3 Å². The Morgan fingerprint density at radius 1 is 0.892 bits per heavy atom. The summed E-state index contributed by atoms with van der Waals surface area (Å²) in [5.74, 6) is -6.52. The summed E-state index contributed by atoms with van der Waals surface area (Å²) in [5, 5.41) is 42.4. The maximum atomic E-state index is 13.5. The molecule has 2 saturated heterocycles. The summed E-state index contributed by atoms with van der Waals surface area (Å²) >= 11 is 0. The Hall–Kier alpha value is -3.37. The lowest BCUT2D eigenvalue weighted by Crippen LogP contribution is -2.60. The largest absolute Gasteiger partial charge is 0.480 e. The van der Waals surface area contributed by atoms with Crippen LogP contribution >= 0.6 is 0 Å². The van der Waals surface area contributed by atoms with Gasteiger partial charge in [0.15, 0.2) is 5.78 Å². The van der Waals surface area contributed by atoms with Gasteiger partial charge in [-0.1, -0.05) is 71.1 Å². The molecule has 0 spiro atoms. The zero-order valence-electron chi connectivity index (χ0n) is 40.8. The fourth-order valence-corrected chi connectivity index (χ4v) is 9.78. The van der Waals surface area contributed by atoms with Crippen LogP contribution in [-0.2, 0) is 42.9 Å². The van der Waals surface area contributed by atoms with Gasteiger partial charge in [0.05, 0.1) is 24.4 Å². The number of likely N-dealkylation sites (tertiary alicyclic amines) is 1. The van der Waals surface area contributed by atoms with E-state index >= 15 is 0 Å². The molecule has 4 N–H and O–H groups in total. The highest BCUT2D eigenvalue weighted by Crippen LogP contribution is 2.37. The third-order valence-corrected chi connectivity index (χ3v) is 14.1. The Morgan fingerprint density at radius 2 is 1.60 bits per heavy atom. The minimum atomic E-state index is -2.38. The van der Waals surface area contributed by atoms with Gasteiger partial charge in [0, 0.05) is 58.5 Å². The molecule has 0 aromatic rings. The fourth-order valence-electron chi connectivity index (χ4n) is 9.78. The lowest BCUT2D eigenvalue weighted by Gasteiger charge is -2.42. The molecule has 14 atom stereocenters. The fraction of sp³-hybridized carbons (Fsp3) is 0.745. The third-order valence-electron chi connectivity index (χ3n) is 14.1. The molecule has 0 radical (unpaired) electrons. The van der Waals surface area contributed by atoms with Crippen molar-refractivity contribution in [2.45, 2.75) is 180 Å². The van der Waals surface area contributed by atoms with E-state index in [1.165, 1.54) is 7.11 Å². The number of Topliss-reactive ketones (excluding diaryl/α,β-unsaturated/α-hetero) is 3. The molecular formula is C51H81NO13. The molecule has 0 aromatic carbocycles. The van der Waals surface area contributed by atoms with Gasteiger partial charge in [0.25, 0.3) is 11.7 Å². The Morgan fingerprint density at radius 3 is 2.25 bits per heavy atom. The van der Waals surface area contributed by atoms with Gasteiger partial charge in [0.1, 0.15) is 24.0 Å². The Bertz CT molecular complexity index is 1710. The molecule has 0 unspecified atom stereocenters. The first kappa shape index (κ1) is 56.0. The number of aliphatic carboxylic acids is 1. The molecule has 14 heteroatoms. The van der Waals surface area contributed by atoms with Crippen molar-refractivity contribution in [2.24, 2.45) is 35.5 Å². The van der Waals surface area contributed by atoms with Gasteiger partial charge in [-0.2, -0.15) is 0 Å². The number of carbonyl (C=O) groups is 5.